The van der Waals surface area contributed by atoms with Crippen molar-refractivity contribution >= 4 is 12.1 Å². The van der Waals surface area contributed by atoms with Gasteiger partial charge in [0.1, 0.15) is 6.10 Å². The molecule has 0 bridgehead atoms. The number of ether oxygens (including phenoxy) is 7. The van der Waals surface area contributed by atoms with Crippen LogP contribution in [0.5, 0.6) is 28.7 Å². The third kappa shape index (κ3) is 3.24. The van der Waals surface area contributed by atoms with Crippen molar-refractivity contribution in [3.8, 4) is 28.7 Å². The molecule has 0 radical (unpaired) electrons. The molecule has 0 aromatic heterocycles. The van der Waals surface area contributed by atoms with Gasteiger partial charge < -0.3 is 38.3 Å². The van der Waals surface area contributed by atoms with Gasteiger partial charge in [-0.3, -0.25) is 4.79 Å². The van der Waals surface area contributed by atoms with Crippen molar-refractivity contribution in [2.45, 2.75) is 12.0 Å². The van der Waals surface area contributed by atoms with Gasteiger partial charge in [-0.25, -0.2) is 4.79 Å². The highest BCUT2D eigenvalue weighted by molar-refractivity contribution is 5.79. The molecule has 2 heterocycles. The number of esters is 1. The van der Waals surface area contributed by atoms with Crippen molar-refractivity contribution in [1.29, 1.82) is 0 Å². The summed E-state index contributed by atoms with van der Waals surface area (Å²) in [6.07, 6.45) is -2.34. The summed E-state index contributed by atoms with van der Waals surface area (Å²) >= 11 is 0. The van der Waals surface area contributed by atoms with Crippen LogP contribution >= 0.6 is 0 Å². The quantitative estimate of drug-likeness (QED) is 0.670. The number of carbonyl (C=O) groups excluding carboxylic acids is 1. The maximum absolute atomic E-state index is 12.9. The number of methoxy groups -OCH3 is 3. The van der Waals surface area contributed by atoms with E-state index in [4.69, 9.17) is 33.2 Å². The van der Waals surface area contributed by atoms with E-state index in [-0.39, 0.29) is 13.4 Å². The van der Waals surface area contributed by atoms with Crippen LogP contribution in [0.3, 0.4) is 0 Å². The largest absolute Gasteiger partial charge is 0.506 e. The van der Waals surface area contributed by atoms with Crippen molar-refractivity contribution in [1.82, 2.24) is 0 Å². The van der Waals surface area contributed by atoms with Gasteiger partial charge in [-0.2, -0.15) is 0 Å². The monoisotopic (exact) mass is 458 g/mol. The molecule has 0 amide bonds. The molecule has 1 N–H and O–H groups in total. The van der Waals surface area contributed by atoms with Crippen molar-refractivity contribution in [3.05, 3.63) is 41.0 Å². The molecule has 10 nitrogen and oxygen atoms in total. The maximum Gasteiger partial charge on any atom is 0.506 e. The maximum atomic E-state index is 12.9. The van der Waals surface area contributed by atoms with Gasteiger partial charge >= 0.3 is 12.1 Å². The summed E-state index contributed by atoms with van der Waals surface area (Å²) in [6.45, 7) is 0.0860. The number of hydrogen-bond donors (Lipinski definition) is 1. The molecule has 0 saturated carbocycles. The Morgan fingerprint density at radius 3 is 2.15 bits per heavy atom. The first-order valence-corrected chi connectivity index (χ1v) is 10.3. The first kappa shape index (κ1) is 21.0. The Hall–Kier alpha value is -3.82. The van der Waals surface area contributed by atoms with E-state index in [2.05, 4.69) is 0 Å². The second-order valence-electron chi connectivity index (χ2n) is 7.89. The summed E-state index contributed by atoms with van der Waals surface area (Å²) in [5, 5.41) is 9.40. The highest BCUT2D eigenvalue weighted by Crippen LogP contribution is 2.56. The van der Waals surface area contributed by atoms with Gasteiger partial charge in [0.25, 0.3) is 0 Å². The minimum atomic E-state index is -1.44. The highest BCUT2D eigenvalue weighted by Gasteiger charge is 2.54. The number of hydrogen-bond acceptors (Lipinski definition) is 9. The summed E-state index contributed by atoms with van der Waals surface area (Å²) in [7, 11) is 4.53. The van der Waals surface area contributed by atoms with Gasteiger partial charge in [0.2, 0.25) is 12.5 Å². The normalized spacial score (nSPS) is 24.4. The van der Waals surface area contributed by atoms with Crippen LogP contribution in [0.4, 0.5) is 4.79 Å². The summed E-state index contributed by atoms with van der Waals surface area (Å²) in [5.41, 5.74) is 1.99. The summed E-state index contributed by atoms with van der Waals surface area (Å²) < 4.78 is 38.2. The first-order chi connectivity index (χ1) is 16.0. The van der Waals surface area contributed by atoms with Crippen LogP contribution < -0.4 is 23.7 Å². The molecular weight excluding hydrogens is 436 g/mol. The topological polar surface area (TPSA) is 119 Å². The fourth-order valence-electron chi connectivity index (χ4n) is 5.05. The lowest BCUT2D eigenvalue weighted by Crippen LogP contribution is -2.36. The Labute approximate surface area is 188 Å². The van der Waals surface area contributed by atoms with E-state index in [0.29, 0.717) is 45.4 Å². The van der Waals surface area contributed by atoms with Crippen LogP contribution in [-0.2, 0) is 14.3 Å². The molecule has 3 aliphatic rings. The van der Waals surface area contributed by atoms with E-state index in [9.17, 15) is 14.7 Å². The van der Waals surface area contributed by atoms with Crippen LogP contribution in [-0.4, -0.2) is 52.0 Å². The molecule has 2 aromatic rings. The van der Waals surface area contributed by atoms with E-state index in [1.54, 1.807) is 24.3 Å². The minimum absolute atomic E-state index is 0.0379. The third-order valence-corrected chi connectivity index (χ3v) is 6.39. The second kappa shape index (κ2) is 7.95. The zero-order valence-corrected chi connectivity index (χ0v) is 18.2. The number of rotatable bonds is 5. The SMILES string of the molecule is COc1cc([C@@H]2c3cc4c(cc3[C@@H](OC(=O)O)[C@H]3COC(=O)[C@H]23)OCO4)cc(OC)c1OC. The van der Waals surface area contributed by atoms with Gasteiger partial charge in [0, 0.05) is 17.4 Å². The molecule has 2 aromatic carbocycles. The molecule has 1 saturated heterocycles. The van der Waals surface area contributed by atoms with E-state index >= 15 is 0 Å². The Balaban J connectivity index is 1.75. The van der Waals surface area contributed by atoms with Gasteiger partial charge in [-0.05, 0) is 35.4 Å². The lowest BCUT2D eigenvalue weighted by Gasteiger charge is -2.38. The minimum Gasteiger partial charge on any atom is -0.493 e. The third-order valence-electron chi connectivity index (χ3n) is 6.39. The second-order valence-corrected chi connectivity index (χ2v) is 7.89. The first-order valence-electron chi connectivity index (χ1n) is 10.3. The van der Waals surface area contributed by atoms with Gasteiger partial charge in [-0.1, -0.05) is 0 Å². The molecule has 174 valence electrons. The molecule has 10 heteroatoms. The molecule has 4 atom stereocenters. The number of carboxylic acid groups (broad SMARTS) is 1. The fraction of sp³-hybridized carbons (Fsp3) is 0.391. The molecule has 1 aliphatic carbocycles. The number of carbonyl (C=O) groups is 2. The van der Waals surface area contributed by atoms with E-state index in [1.165, 1.54) is 21.3 Å². The molecular formula is C23H22O10. The van der Waals surface area contributed by atoms with Crippen molar-refractivity contribution < 1.29 is 47.9 Å². The van der Waals surface area contributed by atoms with Gasteiger partial charge in [0.05, 0.1) is 33.9 Å². The standard InChI is InChI=1S/C23H22O10/c1-27-16-4-10(5-17(28-2)21(16)29-3)18-11-6-14-15(32-9-31-14)7-12(11)20(33-23(25)26)13-8-30-22(24)19(13)18/h4-7,13,18-20H,8-9H2,1-3H3,(H,25,26)/t13-,18+,19-,20+/m0/s1. The van der Waals surface area contributed by atoms with E-state index in [0.717, 1.165) is 0 Å². The Bertz CT molecular complexity index is 1100. The molecule has 33 heavy (non-hydrogen) atoms. The molecule has 0 unspecified atom stereocenters. The van der Waals surface area contributed by atoms with E-state index in [1.807, 2.05) is 0 Å². The van der Waals surface area contributed by atoms with Gasteiger partial charge in [-0.15, -0.1) is 0 Å². The van der Waals surface area contributed by atoms with Crippen molar-refractivity contribution in [3.63, 3.8) is 0 Å². The zero-order valence-electron chi connectivity index (χ0n) is 18.2. The van der Waals surface area contributed by atoms with E-state index < -0.39 is 36.0 Å². The number of cyclic esters (lactones) is 1. The van der Waals surface area contributed by atoms with Crippen molar-refractivity contribution in [2.24, 2.45) is 11.8 Å². The van der Waals surface area contributed by atoms with Gasteiger partial charge in [0.15, 0.2) is 23.0 Å². The Kier molecular flexibility index (Phi) is 5.07. The van der Waals surface area contributed by atoms with Crippen LogP contribution in [0.1, 0.15) is 28.7 Å². The fourth-order valence-corrected chi connectivity index (χ4v) is 5.05. The Morgan fingerprint density at radius 1 is 0.939 bits per heavy atom. The average molecular weight is 458 g/mol. The summed E-state index contributed by atoms with van der Waals surface area (Å²) in [5.74, 6) is 0.128. The predicted molar refractivity (Wildman–Crippen MR) is 110 cm³/mol. The zero-order chi connectivity index (χ0) is 23.3. The molecule has 1 fully saturated rings. The molecule has 2 aliphatic heterocycles. The molecule has 5 rings (SSSR count). The van der Waals surface area contributed by atoms with Crippen LogP contribution in [0.15, 0.2) is 24.3 Å². The Morgan fingerprint density at radius 2 is 1.58 bits per heavy atom. The average Bonchev–Trinajstić information content (AvgIpc) is 3.43. The summed E-state index contributed by atoms with van der Waals surface area (Å²) in [4.78, 5) is 24.5. The smallest absolute Gasteiger partial charge is 0.493 e. The predicted octanol–water partition coefficient (Wildman–Crippen LogP) is 3.11. The highest BCUT2D eigenvalue weighted by atomic mass is 16.7. The molecule has 0 spiro atoms. The van der Waals surface area contributed by atoms with Crippen LogP contribution in [0.2, 0.25) is 0 Å². The number of benzene rings is 2. The number of fused-ring (bicyclic) bond motifs is 3. The van der Waals surface area contributed by atoms with Crippen molar-refractivity contribution in [2.75, 3.05) is 34.7 Å². The lowest BCUT2D eigenvalue weighted by molar-refractivity contribution is -0.141. The summed E-state index contributed by atoms with van der Waals surface area (Å²) in [6, 6.07) is 7.05. The lowest BCUT2D eigenvalue weighted by atomic mass is 9.66. The van der Waals surface area contributed by atoms with Crippen LogP contribution in [0.25, 0.3) is 0 Å². The van der Waals surface area contributed by atoms with Crippen LogP contribution in [0, 0.1) is 11.8 Å².